The minimum Gasteiger partial charge on any atom is -0.474 e. The summed E-state index contributed by atoms with van der Waals surface area (Å²) in [5.74, 6) is 0.541. The van der Waals surface area contributed by atoms with Crippen molar-refractivity contribution >= 4 is 11.7 Å². The lowest BCUT2D eigenvalue weighted by molar-refractivity contribution is -0.137. The lowest BCUT2D eigenvalue weighted by Gasteiger charge is -2.32. The van der Waals surface area contributed by atoms with Gasteiger partial charge in [0.25, 0.3) is 0 Å². The first kappa shape index (κ1) is 18.0. The van der Waals surface area contributed by atoms with E-state index in [1.54, 1.807) is 23.2 Å². The van der Waals surface area contributed by atoms with Crippen molar-refractivity contribution < 1.29 is 22.7 Å². The predicted molar refractivity (Wildman–Crippen MR) is 89.9 cm³/mol. The van der Waals surface area contributed by atoms with E-state index in [0.29, 0.717) is 31.8 Å². The molecule has 1 aromatic carbocycles. The van der Waals surface area contributed by atoms with E-state index in [4.69, 9.17) is 4.74 Å². The first-order valence-electron chi connectivity index (χ1n) is 8.23. The van der Waals surface area contributed by atoms with Crippen LogP contribution in [0.2, 0.25) is 0 Å². The number of benzene rings is 1. The number of pyridine rings is 1. The Balaban J connectivity index is 1.52. The fraction of sp³-hybridized carbons (Fsp3) is 0.333. The largest absolute Gasteiger partial charge is 0.474 e. The monoisotopic (exact) mass is 365 g/mol. The Hall–Kier alpha value is -2.77. The number of nitrogens with zero attached hydrogens (tertiary/aromatic N) is 2. The maximum absolute atomic E-state index is 12.7. The highest BCUT2D eigenvalue weighted by Crippen LogP contribution is 2.30. The Morgan fingerprint density at radius 3 is 2.58 bits per heavy atom. The maximum atomic E-state index is 12.7. The standard InChI is InChI=1S/C18H18F3N3O2/c19-18(20,21)13-4-3-5-14(12-13)23-17(25)24-10-7-15(8-11-24)26-16-6-1-2-9-22-16/h1-6,9,12,15H,7-8,10-11H2,(H,23,25). The van der Waals surface area contributed by atoms with Crippen LogP contribution >= 0.6 is 0 Å². The molecular formula is C18H18F3N3O2. The van der Waals surface area contributed by atoms with Crippen LogP contribution in [0.15, 0.2) is 48.7 Å². The quantitative estimate of drug-likeness (QED) is 0.888. The van der Waals surface area contributed by atoms with Gasteiger partial charge in [-0.05, 0) is 24.3 Å². The van der Waals surface area contributed by atoms with Crippen LogP contribution in [0.5, 0.6) is 5.88 Å². The van der Waals surface area contributed by atoms with Crippen molar-refractivity contribution in [1.29, 1.82) is 0 Å². The number of hydrogen-bond donors (Lipinski definition) is 1. The third-order valence-electron chi connectivity index (χ3n) is 4.10. The summed E-state index contributed by atoms with van der Waals surface area (Å²) in [6, 6.07) is 9.58. The second-order valence-electron chi connectivity index (χ2n) is 5.98. The van der Waals surface area contributed by atoms with Gasteiger partial charge in [0.15, 0.2) is 0 Å². The van der Waals surface area contributed by atoms with Gasteiger partial charge in [-0.3, -0.25) is 0 Å². The average molecular weight is 365 g/mol. The van der Waals surface area contributed by atoms with E-state index in [1.807, 2.05) is 6.07 Å². The third kappa shape index (κ3) is 4.65. The molecule has 3 rings (SSSR count). The first-order chi connectivity index (χ1) is 12.4. The Morgan fingerprint density at radius 1 is 1.15 bits per heavy atom. The van der Waals surface area contributed by atoms with Crippen LogP contribution in [0.4, 0.5) is 23.7 Å². The second-order valence-corrected chi connectivity index (χ2v) is 5.98. The highest BCUT2D eigenvalue weighted by atomic mass is 19.4. The molecule has 2 heterocycles. The zero-order chi connectivity index (χ0) is 18.6. The number of aromatic nitrogens is 1. The summed E-state index contributed by atoms with van der Waals surface area (Å²) >= 11 is 0. The maximum Gasteiger partial charge on any atom is 0.416 e. The molecule has 0 saturated carbocycles. The van der Waals surface area contributed by atoms with Crippen LogP contribution in [0.1, 0.15) is 18.4 Å². The number of rotatable bonds is 3. The molecule has 0 atom stereocenters. The Kier molecular flexibility index (Phi) is 5.29. The van der Waals surface area contributed by atoms with Gasteiger partial charge in [-0.1, -0.05) is 12.1 Å². The molecule has 138 valence electrons. The molecule has 1 aromatic heterocycles. The van der Waals surface area contributed by atoms with Crippen LogP contribution < -0.4 is 10.1 Å². The molecule has 5 nitrogen and oxygen atoms in total. The number of piperidine rings is 1. The number of nitrogens with one attached hydrogen (secondary N) is 1. The van der Waals surface area contributed by atoms with Crippen molar-refractivity contribution in [1.82, 2.24) is 9.88 Å². The molecule has 0 unspecified atom stereocenters. The normalized spacial score (nSPS) is 15.6. The molecule has 0 aliphatic carbocycles. The van der Waals surface area contributed by atoms with Crippen LogP contribution in [-0.2, 0) is 6.18 Å². The number of hydrogen-bond acceptors (Lipinski definition) is 3. The number of alkyl halides is 3. The Morgan fingerprint density at radius 2 is 1.92 bits per heavy atom. The van der Waals surface area contributed by atoms with E-state index in [1.165, 1.54) is 12.1 Å². The molecule has 2 amide bonds. The van der Waals surface area contributed by atoms with Crippen LogP contribution in [0, 0.1) is 0 Å². The van der Waals surface area contributed by atoms with Crippen LogP contribution in [-0.4, -0.2) is 35.1 Å². The molecule has 26 heavy (non-hydrogen) atoms. The molecule has 2 aromatic rings. The number of carbonyl (C=O) groups is 1. The fourth-order valence-corrected chi connectivity index (χ4v) is 2.74. The number of anilines is 1. The summed E-state index contributed by atoms with van der Waals surface area (Å²) in [5.41, 5.74) is -0.672. The van der Waals surface area contributed by atoms with E-state index in [9.17, 15) is 18.0 Å². The summed E-state index contributed by atoms with van der Waals surface area (Å²) < 4.78 is 44.0. The highest BCUT2D eigenvalue weighted by Gasteiger charge is 2.31. The Bertz CT molecular complexity index is 745. The van der Waals surface area contributed by atoms with Crippen molar-refractivity contribution in [3.05, 3.63) is 54.2 Å². The van der Waals surface area contributed by atoms with E-state index < -0.39 is 17.8 Å². The van der Waals surface area contributed by atoms with Crippen molar-refractivity contribution in [2.75, 3.05) is 18.4 Å². The summed E-state index contributed by atoms with van der Waals surface area (Å²) in [4.78, 5) is 17.9. The van der Waals surface area contributed by atoms with Crippen molar-refractivity contribution in [2.45, 2.75) is 25.1 Å². The van der Waals surface area contributed by atoms with Gasteiger partial charge in [-0.15, -0.1) is 0 Å². The smallest absolute Gasteiger partial charge is 0.416 e. The van der Waals surface area contributed by atoms with Crippen LogP contribution in [0.25, 0.3) is 0 Å². The summed E-state index contributed by atoms with van der Waals surface area (Å²) in [6.45, 7) is 0.921. The van der Waals surface area contributed by atoms with E-state index in [-0.39, 0.29) is 11.8 Å². The topological polar surface area (TPSA) is 54.5 Å². The number of halogens is 3. The molecule has 1 aliphatic rings. The van der Waals surface area contributed by atoms with Gasteiger partial charge < -0.3 is 15.0 Å². The molecule has 0 bridgehead atoms. The molecule has 1 fully saturated rings. The average Bonchev–Trinajstić information content (AvgIpc) is 2.63. The lowest BCUT2D eigenvalue weighted by atomic mass is 10.1. The zero-order valence-electron chi connectivity index (χ0n) is 13.9. The van der Waals surface area contributed by atoms with Gasteiger partial charge in [-0.25, -0.2) is 9.78 Å². The second kappa shape index (κ2) is 7.63. The fourth-order valence-electron chi connectivity index (χ4n) is 2.74. The van der Waals surface area contributed by atoms with E-state index in [0.717, 1.165) is 12.1 Å². The van der Waals surface area contributed by atoms with Gasteiger partial charge in [0.1, 0.15) is 6.10 Å². The van der Waals surface area contributed by atoms with Gasteiger partial charge in [0.05, 0.1) is 5.56 Å². The molecular weight excluding hydrogens is 347 g/mol. The predicted octanol–water partition coefficient (Wildman–Crippen LogP) is 4.18. The van der Waals surface area contributed by atoms with Crippen LogP contribution in [0.3, 0.4) is 0 Å². The summed E-state index contributed by atoms with van der Waals surface area (Å²) in [5, 5.41) is 2.52. The number of carbonyl (C=O) groups excluding carboxylic acids is 1. The summed E-state index contributed by atoms with van der Waals surface area (Å²) in [7, 11) is 0. The summed E-state index contributed by atoms with van der Waals surface area (Å²) in [6.07, 6.45) is -1.57. The van der Waals surface area contributed by atoms with E-state index >= 15 is 0 Å². The van der Waals surface area contributed by atoms with Crippen molar-refractivity contribution in [2.24, 2.45) is 0 Å². The van der Waals surface area contributed by atoms with Crippen molar-refractivity contribution in [3.63, 3.8) is 0 Å². The lowest BCUT2D eigenvalue weighted by Crippen LogP contribution is -2.43. The molecule has 1 aliphatic heterocycles. The van der Waals surface area contributed by atoms with Crippen molar-refractivity contribution in [3.8, 4) is 5.88 Å². The third-order valence-corrected chi connectivity index (χ3v) is 4.10. The molecule has 8 heteroatoms. The SMILES string of the molecule is O=C(Nc1cccc(C(F)(F)F)c1)N1CCC(Oc2ccccn2)CC1. The number of ether oxygens (including phenoxy) is 1. The first-order valence-corrected chi connectivity index (χ1v) is 8.23. The van der Waals surface area contributed by atoms with Gasteiger partial charge in [-0.2, -0.15) is 13.2 Å². The number of urea groups is 1. The highest BCUT2D eigenvalue weighted by molar-refractivity contribution is 5.89. The number of likely N-dealkylation sites (tertiary alicyclic amines) is 1. The zero-order valence-corrected chi connectivity index (χ0v) is 13.9. The van der Waals surface area contributed by atoms with Gasteiger partial charge >= 0.3 is 12.2 Å². The minimum absolute atomic E-state index is 0.0393. The molecule has 1 saturated heterocycles. The van der Waals surface area contributed by atoms with Gasteiger partial charge in [0.2, 0.25) is 5.88 Å². The minimum atomic E-state index is -4.44. The number of amides is 2. The molecule has 1 N–H and O–H groups in total. The Labute approximate surface area is 148 Å². The van der Waals surface area contributed by atoms with Gasteiger partial charge in [0, 0.05) is 43.9 Å². The van der Waals surface area contributed by atoms with E-state index in [2.05, 4.69) is 10.3 Å². The molecule has 0 spiro atoms. The molecule has 0 radical (unpaired) electrons.